The molecule has 10 heteroatoms. The van der Waals surface area contributed by atoms with E-state index in [1.165, 1.54) is 44.3 Å². The minimum atomic E-state index is -3.67. The lowest BCUT2D eigenvalue weighted by Gasteiger charge is -2.11. The molecule has 0 aliphatic rings. The van der Waals surface area contributed by atoms with Gasteiger partial charge in [-0.3, -0.25) is 9.59 Å². The molecule has 0 radical (unpaired) electrons. The molecule has 2 rings (SSSR count). The van der Waals surface area contributed by atoms with Crippen LogP contribution in [0.3, 0.4) is 0 Å². The number of nitrogens with one attached hydrogen (secondary N) is 3. The zero-order valence-electron chi connectivity index (χ0n) is 16.1. The Bertz CT molecular complexity index is 1030. The van der Waals surface area contributed by atoms with Gasteiger partial charge in [-0.2, -0.15) is 0 Å². The number of esters is 1. The summed E-state index contributed by atoms with van der Waals surface area (Å²) in [7, 11) is -2.38. The second-order valence-corrected chi connectivity index (χ2v) is 7.93. The zero-order valence-corrected chi connectivity index (χ0v) is 16.9. The van der Waals surface area contributed by atoms with Gasteiger partial charge in [0.2, 0.25) is 15.9 Å². The quantitative estimate of drug-likeness (QED) is 0.585. The van der Waals surface area contributed by atoms with Gasteiger partial charge in [-0.05, 0) is 55.9 Å². The maximum Gasteiger partial charge on any atom is 0.338 e. The maximum atomic E-state index is 12.0. The number of benzene rings is 2. The van der Waals surface area contributed by atoms with Gasteiger partial charge in [-0.15, -0.1) is 0 Å². The average Bonchev–Trinajstić information content (AvgIpc) is 2.67. The first kappa shape index (κ1) is 22.1. The molecule has 0 aromatic heterocycles. The lowest BCUT2D eigenvalue weighted by molar-refractivity contribution is -0.119. The molecule has 0 unspecified atom stereocenters. The van der Waals surface area contributed by atoms with Gasteiger partial charge in [-0.1, -0.05) is 6.07 Å². The molecule has 2 aromatic rings. The van der Waals surface area contributed by atoms with Crippen LogP contribution in [0.15, 0.2) is 47.4 Å². The van der Waals surface area contributed by atoms with E-state index in [9.17, 15) is 22.8 Å². The summed E-state index contributed by atoms with van der Waals surface area (Å²) in [6.07, 6.45) is 0. The monoisotopic (exact) mass is 419 g/mol. The number of carbonyl (C=O) groups excluding carboxylic acids is 3. The standard InChI is InChI=1S/C19H21N3O6S/c1-12-4-7-16(10-17(12)29(26,27)20-3)22-18(24)11-28-19(25)14-5-8-15(9-6-14)21-13(2)23/h4-10,20H,11H2,1-3H3,(H,21,23)(H,22,24). The van der Waals surface area contributed by atoms with Crippen LogP contribution in [0.4, 0.5) is 11.4 Å². The third-order valence-corrected chi connectivity index (χ3v) is 5.36. The van der Waals surface area contributed by atoms with Gasteiger partial charge in [0.25, 0.3) is 5.91 Å². The molecule has 0 saturated carbocycles. The molecule has 9 nitrogen and oxygen atoms in total. The number of amides is 2. The number of sulfonamides is 1. The number of carbonyl (C=O) groups is 3. The van der Waals surface area contributed by atoms with Gasteiger partial charge in [0.05, 0.1) is 10.5 Å². The minimum Gasteiger partial charge on any atom is -0.452 e. The van der Waals surface area contributed by atoms with Crippen molar-refractivity contribution in [3.05, 3.63) is 53.6 Å². The molecule has 0 fully saturated rings. The highest BCUT2D eigenvalue weighted by molar-refractivity contribution is 7.89. The molecular weight excluding hydrogens is 398 g/mol. The van der Waals surface area contributed by atoms with Crippen LogP contribution in [0.5, 0.6) is 0 Å². The number of anilines is 2. The first-order valence-electron chi connectivity index (χ1n) is 8.51. The Morgan fingerprint density at radius 2 is 1.59 bits per heavy atom. The number of hydrogen-bond acceptors (Lipinski definition) is 6. The van der Waals surface area contributed by atoms with Crippen molar-refractivity contribution in [2.75, 3.05) is 24.3 Å². The van der Waals surface area contributed by atoms with Gasteiger partial charge >= 0.3 is 5.97 Å². The SMILES string of the molecule is CNS(=O)(=O)c1cc(NC(=O)COC(=O)c2ccc(NC(C)=O)cc2)ccc1C. The van der Waals surface area contributed by atoms with E-state index in [4.69, 9.17) is 4.74 Å². The summed E-state index contributed by atoms with van der Waals surface area (Å²) in [6, 6.07) is 10.4. The van der Waals surface area contributed by atoms with E-state index >= 15 is 0 Å². The van der Waals surface area contributed by atoms with Crippen molar-refractivity contribution in [3.8, 4) is 0 Å². The highest BCUT2D eigenvalue weighted by Gasteiger charge is 2.16. The second-order valence-electron chi connectivity index (χ2n) is 6.07. The molecule has 0 bridgehead atoms. The summed E-state index contributed by atoms with van der Waals surface area (Å²) >= 11 is 0. The second kappa shape index (κ2) is 9.30. The topological polar surface area (TPSA) is 131 Å². The smallest absolute Gasteiger partial charge is 0.338 e. The summed E-state index contributed by atoms with van der Waals surface area (Å²) in [5.41, 5.74) is 1.51. The van der Waals surface area contributed by atoms with Crippen LogP contribution < -0.4 is 15.4 Å². The number of rotatable bonds is 7. The third kappa shape index (κ3) is 6.13. The van der Waals surface area contributed by atoms with Gasteiger partial charge in [0.1, 0.15) is 0 Å². The molecule has 3 N–H and O–H groups in total. The molecule has 0 spiro atoms. The van der Waals surface area contributed by atoms with E-state index in [1.54, 1.807) is 19.1 Å². The molecule has 0 aliphatic carbocycles. The molecule has 0 heterocycles. The van der Waals surface area contributed by atoms with Crippen LogP contribution in [0.25, 0.3) is 0 Å². The zero-order chi connectivity index (χ0) is 21.6. The molecule has 0 atom stereocenters. The minimum absolute atomic E-state index is 0.0362. The largest absolute Gasteiger partial charge is 0.452 e. The Morgan fingerprint density at radius 3 is 2.17 bits per heavy atom. The summed E-state index contributed by atoms with van der Waals surface area (Å²) in [4.78, 5) is 35.1. The Kier molecular flexibility index (Phi) is 7.08. The normalized spacial score (nSPS) is 10.9. The first-order valence-corrected chi connectivity index (χ1v) is 9.99. The van der Waals surface area contributed by atoms with Crippen LogP contribution in [-0.2, 0) is 24.3 Å². The van der Waals surface area contributed by atoms with E-state index in [1.807, 2.05) is 0 Å². The van der Waals surface area contributed by atoms with E-state index in [-0.39, 0.29) is 22.1 Å². The van der Waals surface area contributed by atoms with Crippen LogP contribution in [0, 0.1) is 6.92 Å². The fraction of sp³-hybridized carbons (Fsp3) is 0.211. The predicted molar refractivity (Wildman–Crippen MR) is 107 cm³/mol. The van der Waals surface area contributed by atoms with Crippen molar-refractivity contribution in [1.29, 1.82) is 0 Å². The van der Waals surface area contributed by atoms with E-state index in [0.717, 1.165) is 0 Å². The van der Waals surface area contributed by atoms with Gasteiger partial charge in [-0.25, -0.2) is 17.9 Å². The molecule has 0 aliphatic heterocycles. The lowest BCUT2D eigenvalue weighted by Crippen LogP contribution is -2.22. The van der Waals surface area contributed by atoms with Crippen LogP contribution >= 0.6 is 0 Å². The molecule has 154 valence electrons. The van der Waals surface area contributed by atoms with E-state index < -0.39 is 28.5 Å². The average molecular weight is 419 g/mol. The summed E-state index contributed by atoms with van der Waals surface area (Å²) < 4.78 is 31.2. The van der Waals surface area contributed by atoms with Crippen molar-refractivity contribution >= 4 is 39.2 Å². The summed E-state index contributed by atoms with van der Waals surface area (Å²) in [5.74, 6) is -1.57. The van der Waals surface area contributed by atoms with Crippen molar-refractivity contribution in [2.45, 2.75) is 18.7 Å². The fourth-order valence-corrected chi connectivity index (χ4v) is 3.38. The third-order valence-electron chi connectivity index (χ3n) is 3.81. The maximum absolute atomic E-state index is 12.0. The Morgan fingerprint density at radius 1 is 0.966 bits per heavy atom. The van der Waals surface area contributed by atoms with Crippen molar-refractivity contribution in [1.82, 2.24) is 4.72 Å². The Balaban J connectivity index is 1.97. The molecule has 2 amide bonds. The van der Waals surface area contributed by atoms with Gasteiger partial charge in [0, 0.05) is 18.3 Å². The van der Waals surface area contributed by atoms with Gasteiger partial charge in [0.15, 0.2) is 6.61 Å². The van der Waals surface area contributed by atoms with E-state index in [0.29, 0.717) is 11.3 Å². The molecule has 29 heavy (non-hydrogen) atoms. The lowest BCUT2D eigenvalue weighted by atomic mass is 10.2. The van der Waals surface area contributed by atoms with Crippen molar-refractivity contribution in [3.63, 3.8) is 0 Å². The number of ether oxygens (including phenoxy) is 1. The van der Waals surface area contributed by atoms with Crippen LogP contribution in [0.1, 0.15) is 22.8 Å². The highest BCUT2D eigenvalue weighted by Crippen LogP contribution is 2.20. The Hall–Kier alpha value is -3.24. The van der Waals surface area contributed by atoms with E-state index in [2.05, 4.69) is 15.4 Å². The molecule has 2 aromatic carbocycles. The molecule has 0 saturated heterocycles. The number of hydrogen-bond donors (Lipinski definition) is 3. The molecular formula is C19H21N3O6S. The van der Waals surface area contributed by atoms with Crippen molar-refractivity contribution < 1.29 is 27.5 Å². The van der Waals surface area contributed by atoms with Crippen LogP contribution in [0.2, 0.25) is 0 Å². The fourth-order valence-electron chi connectivity index (χ4n) is 2.38. The Labute approximate surface area is 168 Å². The summed E-state index contributed by atoms with van der Waals surface area (Å²) in [6.45, 7) is 2.45. The number of aryl methyl sites for hydroxylation is 1. The highest BCUT2D eigenvalue weighted by atomic mass is 32.2. The van der Waals surface area contributed by atoms with Gasteiger partial charge < -0.3 is 15.4 Å². The predicted octanol–water partition coefficient (Wildman–Crippen LogP) is 1.66. The van der Waals surface area contributed by atoms with Crippen molar-refractivity contribution in [2.24, 2.45) is 0 Å². The summed E-state index contributed by atoms with van der Waals surface area (Å²) in [5, 5.41) is 5.06. The van der Waals surface area contributed by atoms with Crippen LogP contribution in [-0.4, -0.2) is 39.9 Å². The first-order chi connectivity index (χ1) is 13.6.